The molecule has 0 aliphatic rings. The van der Waals surface area contributed by atoms with Crippen molar-refractivity contribution in [2.45, 2.75) is 6.10 Å². The van der Waals surface area contributed by atoms with E-state index in [0.29, 0.717) is 10.6 Å². The fraction of sp³-hybridized carbons (Fsp3) is 0.133. The lowest BCUT2D eigenvalue weighted by atomic mass is 10.2. The number of nitrogens with one attached hydrogen (secondary N) is 2. The zero-order valence-corrected chi connectivity index (χ0v) is 13.3. The lowest BCUT2D eigenvalue weighted by molar-refractivity contribution is -0.136. The van der Waals surface area contributed by atoms with Gasteiger partial charge in [0, 0.05) is 11.6 Å². The fourth-order valence-corrected chi connectivity index (χ4v) is 2.63. The predicted molar refractivity (Wildman–Crippen MR) is 87.1 cm³/mol. The monoisotopic (exact) mass is 349 g/mol. The Bertz CT molecular complexity index is 756. The molecule has 1 aromatic carbocycles. The van der Waals surface area contributed by atoms with Crippen LogP contribution in [0.5, 0.6) is 0 Å². The molecule has 2 aromatic rings. The van der Waals surface area contributed by atoms with Gasteiger partial charge >= 0.3 is 11.8 Å². The minimum absolute atomic E-state index is 0.0936. The quantitative estimate of drug-likeness (QED) is 0.735. The minimum Gasteiger partial charge on any atom is -0.387 e. The molecule has 0 saturated heterocycles. The maximum absolute atomic E-state index is 11.8. The molecule has 0 saturated carbocycles. The van der Waals surface area contributed by atoms with Gasteiger partial charge in [-0.15, -0.1) is 0 Å². The molecular formula is C15H12ClN3O3S. The summed E-state index contributed by atoms with van der Waals surface area (Å²) in [5.74, 6) is -1.86. The molecule has 2 rings (SSSR count). The van der Waals surface area contributed by atoms with E-state index in [1.54, 1.807) is 16.8 Å². The van der Waals surface area contributed by atoms with E-state index in [-0.39, 0.29) is 17.8 Å². The minimum atomic E-state index is -0.943. The summed E-state index contributed by atoms with van der Waals surface area (Å²) in [5, 5.41) is 27.3. The number of nitriles is 1. The van der Waals surface area contributed by atoms with Crippen LogP contribution in [0, 0.1) is 11.3 Å². The van der Waals surface area contributed by atoms with Gasteiger partial charge in [0.05, 0.1) is 17.4 Å². The van der Waals surface area contributed by atoms with Crippen molar-refractivity contribution in [1.29, 1.82) is 5.26 Å². The maximum atomic E-state index is 11.8. The van der Waals surface area contributed by atoms with Crippen molar-refractivity contribution in [2.24, 2.45) is 0 Å². The summed E-state index contributed by atoms with van der Waals surface area (Å²) in [6, 6.07) is 7.95. The molecule has 118 valence electrons. The number of hydrogen-bond donors (Lipinski definition) is 3. The highest BCUT2D eigenvalue weighted by molar-refractivity contribution is 7.07. The number of hydrogen-bond acceptors (Lipinski definition) is 5. The summed E-state index contributed by atoms with van der Waals surface area (Å²) in [4.78, 5) is 23.6. The van der Waals surface area contributed by atoms with E-state index in [2.05, 4.69) is 10.6 Å². The van der Waals surface area contributed by atoms with Crippen molar-refractivity contribution >= 4 is 40.4 Å². The van der Waals surface area contributed by atoms with Gasteiger partial charge in [-0.05, 0) is 40.6 Å². The van der Waals surface area contributed by atoms with Crippen molar-refractivity contribution in [1.82, 2.24) is 5.32 Å². The molecule has 1 atom stereocenters. The Hall–Kier alpha value is -2.40. The number of aliphatic hydroxyl groups excluding tert-OH is 1. The van der Waals surface area contributed by atoms with Crippen molar-refractivity contribution in [3.8, 4) is 6.07 Å². The van der Waals surface area contributed by atoms with Gasteiger partial charge in [0.25, 0.3) is 0 Å². The zero-order valence-electron chi connectivity index (χ0n) is 11.7. The highest BCUT2D eigenvalue weighted by Crippen LogP contribution is 2.20. The van der Waals surface area contributed by atoms with Crippen LogP contribution in [0.15, 0.2) is 35.0 Å². The molecule has 23 heavy (non-hydrogen) atoms. The van der Waals surface area contributed by atoms with Gasteiger partial charge < -0.3 is 15.7 Å². The molecule has 0 bridgehead atoms. The highest BCUT2D eigenvalue weighted by atomic mass is 35.5. The first-order valence-electron chi connectivity index (χ1n) is 6.50. The Morgan fingerprint density at radius 3 is 2.78 bits per heavy atom. The van der Waals surface area contributed by atoms with Crippen LogP contribution in [0.1, 0.15) is 17.2 Å². The molecule has 0 aliphatic heterocycles. The van der Waals surface area contributed by atoms with E-state index in [1.165, 1.54) is 29.5 Å². The molecule has 1 aromatic heterocycles. The number of amides is 2. The van der Waals surface area contributed by atoms with Crippen molar-refractivity contribution < 1.29 is 14.7 Å². The molecule has 0 fully saturated rings. The Kier molecular flexibility index (Phi) is 5.71. The van der Waals surface area contributed by atoms with Gasteiger partial charge in [0.1, 0.15) is 6.07 Å². The molecule has 6 nitrogen and oxygen atoms in total. The Morgan fingerprint density at radius 2 is 2.13 bits per heavy atom. The second kappa shape index (κ2) is 7.74. The summed E-state index contributed by atoms with van der Waals surface area (Å²) < 4.78 is 0. The third-order valence-electron chi connectivity index (χ3n) is 2.94. The molecule has 1 heterocycles. The van der Waals surface area contributed by atoms with Crippen LogP contribution < -0.4 is 10.6 Å². The van der Waals surface area contributed by atoms with E-state index in [4.69, 9.17) is 16.9 Å². The van der Waals surface area contributed by atoms with Crippen LogP contribution in [-0.2, 0) is 9.59 Å². The first kappa shape index (κ1) is 17.0. The normalized spacial score (nSPS) is 11.3. The number of benzene rings is 1. The van der Waals surface area contributed by atoms with E-state index >= 15 is 0 Å². The molecule has 8 heteroatoms. The molecular weight excluding hydrogens is 338 g/mol. The molecule has 0 radical (unpaired) electrons. The lowest BCUT2D eigenvalue weighted by Gasteiger charge is -2.11. The van der Waals surface area contributed by atoms with Crippen LogP contribution in [0.25, 0.3) is 0 Å². The number of halogens is 1. The summed E-state index contributed by atoms with van der Waals surface area (Å²) in [6.45, 7) is -0.0936. The Labute approximate surface area is 141 Å². The van der Waals surface area contributed by atoms with E-state index in [0.717, 1.165) is 0 Å². The van der Waals surface area contributed by atoms with Crippen molar-refractivity contribution in [3.63, 3.8) is 0 Å². The van der Waals surface area contributed by atoms with Crippen LogP contribution in [0.3, 0.4) is 0 Å². The number of carbonyl (C=O) groups excluding carboxylic acids is 2. The lowest BCUT2D eigenvalue weighted by Crippen LogP contribution is -2.37. The second-order valence-corrected chi connectivity index (χ2v) is 5.75. The smallest absolute Gasteiger partial charge is 0.313 e. The van der Waals surface area contributed by atoms with E-state index in [1.807, 2.05) is 6.07 Å². The van der Waals surface area contributed by atoms with Gasteiger partial charge in [0.2, 0.25) is 0 Å². The average molecular weight is 350 g/mol. The van der Waals surface area contributed by atoms with E-state index < -0.39 is 17.9 Å². The van der Waals surface area contributed by atoms with Gasteiger partial charge in [-0.3, -0.25) is 9.59 Å². The van der Waals surface area contributed by atoms with Crippen LogP contribution in [0.2, 0.25) is 5.02 Å². The topological polar surface area (TPSA) is 102 Å². The Balaban J connectivity index is 1.94. The first-order chi connectivity index (χ1) is 11.0. The van der Waals surface area contributed by atoms with Crippen LogP contribution >= 0.6 is 22.9 Å². The van der Waals surface area contributed by atoms with Gasteiger partial charge in [-0.1, -0.05) is 11.6 Å². The third kappa shape index (κ3) is 4.53. The molecule has 0 spiro atoms. The highest BCUT2D eigenvalue weighted by Gasteiger charge is 2.17. The van der Waals surface area contributed by atoms with Crippen molar-refractivity contribution in [2.75, 3.05) is 11.9 Å². The summed E-state index contributed by atoms with van der Waals surface area (Å²) in [7, 11) is 0. The summed E-state index contributed by atoms with van der Waals surface area (Å²) >= 11 is 7.22. The Morgan fingerprint density at radius 1 is 1.35 bits per heavy atom. The summed E-state index contributed by atoms with van der Waals surface area (Å²) in [5.41, 5.74) is 1.00. The number of nitrogens with zero attached hydrogens (tertiary/aromatic N) is 1. The van der Waals surface area contributed by atoms with Gasteiger partial charge in [-0.2, -0.15) is 16.6 Å². The van der Waals surface area contributed by atoms with E-state index in [9.17, 15) is 14.7 Å². The zero-order chi connectivity index (χ0) is 16.8. The largest absolute Gasteiger partial charge is 0.387 e. The predicted octanol–water partition coefficient (Wildman–Crippen LogP) is 2.06. The van der Waals surface area contributed by atoms with Gasteiger partial charge in [-0.25, -0.2) is 0 Å². The molecule has 0 unspecified atom stereocenters. The number of aliphatic hydroxyl groups is 1. The second-order valence-electron chi connectivity index (χ2n) is 4.54. The maximum Gasteiger partial charge on any atom is 0.313 e. The van der Waals surface area contributed by atoms with Crippen molar-refractivity contribution in [3.05, 3.63) is 51.2 Å². The standard InChI is InChI=1S/C15H12ClN3O3S/c16-11-2-1-9(6-17)12(5-11)19-15(22)14(21)18-7-13(20)10-3-4-23-8-10/h1-5,8,13,20H,7H2,(H,18,21)(H,19,22)/t13-/m0/s1. The number of rotatable bonds is 4. The summed E-state index contributed by atoms with van der Waals surface area (Å²) in [6.07, 6.45) is -0.890. The van der Waals surface area contributed by atoms with Crippen LogP contribution in [0.4, 0.5) is 5.69 Å². The molecule has 0 aliphatic carbocycles. The number of carbonyl (C=O) groups is 2. The SMILES string of the molecule is N#Cc1ccc(Cl)cc1NC(=O)C(=O)NC[C@H](O)c1ccsc1. The number of anilines is 1. The van der Waals surface area contributed by atoms with Gasteiger partial charge in [0.15, 0.2) is 0 Å². The molecule has 3 N–H and O–H groups in total. The molecule has 2 amide bonds. The average Bonchev–Trinajstić information content (AvgIpc) is 3.07. The first-order valence-corrected chi connectivity index (χ1v) is 7.82. The third-order valence-corrected chi connectivity index (χ3v) is 3.88. The fourth-order valence-electron chi connectivity index (χ4n) is 1.75. The number of thiophene rings is 1. The van der Waals surface area contributed by atoms with Crippen LogP contribution in [-0.4, -0.2) is 23.5 Å².